The van der Waals surface area contributed by atoms with Crippen molar-refractivity contribution in [2.24, 2.45) is 11.7 Å². The van der Waals surface area contributed by atoms with Crippen molar-refractivity contribution in [3.8, 4) is 0 Å². The van der Waals surface area contributed by atoms with Gasteiger partial charge in [-0.25, -0.2) is 0 Å². The SMILES string of the molecule is Cl.NC(C(=O)N1CCN(C(=O)CCC2CCCC2)CC1)c1ccccc1. The number of rotatable bonds is 5. The van der Waals surface area contributed by atoms with E-state index in [1.54, 1.807) is 4.90 Å². The van der Waals surface area contributed by atoms with E-state index in [0.29, 0.717) is 32.6 Å². The summed E-state index contributed by atoms with van der Waals surface area (Å²) in [7, 11) is 0. The molecule has 2 amide bonds. The van der Waals surface area contributed by atoms with Crippen molar-refractivity contribution >= 4 is 24.2 Å². The van der Waals surface area contributed by atoms with Crippen LogP contribution in [0.4, 0.5) is 0 Å². The summed E-state index contributed by atoms with van der Waals surface area (Å²) in [6.45, 7) is 2.40. The number of carbonyl (C=O) groups is 2. The van der Waals surface area contributed by atoms with E-state index in [0.717, 1.165) is 17.9 Å². The summed E-state index contributed by atoms with van der Waals surface area (Å²) < 4.78 is 0. The largest absolute Gasteiger partial charge is 0.339 e. The molecule has 0 radical (unpaired) electrons. The third-order valence-corrected chi connectivity index (χ3v) is 5.61. The van der Waals surface area contributed by atoms with Crippen molar-refractivity contribution in [1.82, 2.24) is 9.80 Å². The molecule has 1 aromatic rings. The Bertz CT molecular complexity index is 582. The number of benzene rings is 1. The van der Waals surface area contributed by atoms with Crippen LogP contribution in [-0.4, -0.2) is 47.8 Å². The third-order valence-electron chi connectivity index (χ3n) is 5.61. The minimum atomic E-state index is -0.620. The van der Waals surface area contributed by atoms with Crippen LogP contribution in [0.25, 0.3) is 0 Å². The van der Waals surface area contributed by atoms with Crippen LogP contribution in [0, 0.1) is 5.92 Å². The van der Waals surface area contributed by atoms with E-state index in [2.05, 4.69) is 0 Å². The fourth-order valence-corrected chi connectivity index (χ4v) is 3.96. The average Bonchev–Trinajstić information content (AvgIpc) is 3.19. The van der Waals surface area contributed by atoms with Gasteiger partial charge in [0.05, 0.1) is 0 Å². The minimum absolute atomic E-state index is 0. The first-order valence-electron chi connectivity index (χ1n) is 9.52. The molecule has 1 saturated carbocycles. The normalized spacial score (nSPS) is 19.1. The molecule has 1 atom stereocenters. The number of hydrogen-bond donors (Lipinski definition) is 1. The van der Waals surface area contributed by atoms with Gasteiger partial charge in [0.2, 0.25) is 11.8 Å². The first kappa shape index (κ1) is 20.7. The number of hydrogen-bond acceptors (Lipinski definition) is 3. The topological polar surface area (TPSA) is 66.6 Å². The number of carbonyl (C=O) groups excluding carboxylic acids is 2. The number of nitrogens with zero attached hydrogens (tertiary/aromatic N) is 2. The standard InChI is InChI=1S/C20H29N3O2.ClH/c21-19(17-8-2-1-3-9-17)20(25)23-14-12-22(13-15-23)18(24)11-10-16-6-4-5-7-16;/h1-3,8-9,16,19H,4-7,10-15,21H2;1H. The van der Waals surface area contributed by atoms with E-state index < -0.39 is 6.04 Å². The zero-order chi connectivity index (χ0) is 17.6. The van der Waals surface area contributed by atoms with Gasteiger partial charge in [-0.3, -0.25) is 9.59 Å². The highest BCUT2D eigenvalue weighted by atomic mass is 35.5. The molecule has 5 nitrogen and oxygen atoms in total. The molecule has 0 spiro atoms. The van der Waals surface area contributed by atoms with E-state index in [1.165, 1.54) is 25.7 Å². The minimum Gasteiger partial charge on any atom is -0.339 e. The zero-order valence-corrected chi connectivity index (χ0v) is 16.1. The lowest BCUT2D eigenvalue weighted by Gasteiger charge is -2.36. The van der Waals surface area contributed by atoms with Gasteiger partial charge in [-0.2, -0.15) is 0 Å². The zero-order valence-electron chi connectivity index (χ0n) is 15.3. The molecule has 1 aliphatic carbocycles. The average molecular weight is 380 g/mol. The van der Waals surface area contributed by atoms with Crippen molar-refractivity contribution in [3.63, 3.8) is 0 Å². The maximum Gasteiger partial charge on any atom is 0.244 e. The lowest BCUT2D eigenvalue weighted by Crippen LogP contribution is -2.52. The number of halogens is 1. The van der Waals surface area contributed by atoms with Gasteiger partial charge in [0.15, 0.2) is 0 Å². The van der Waals surface area contributed by atoms with E-state index in [4.69, 9.17) is 5.73 Å². The molecule has 2 N–H and O–H groups in total. The van der Waals surface area contributed by atoms with Crippen LogP contribution in [0.1, 0.15) is 50.1 Å². The third kappa shape index (κ3) is 5.21. The predicted molar refractivity (Wildman–Crippen MR) is 105 cm³/mol. The fourth-order valence-electron chi connectivity index (χ4n) is 3.96. The summed E-state index contributed by atoms with van der Waals surface area (Å²) in [5.41, 5.74) is 6.95. The summed E-state index contributed by atoms with van der Waals surface area (Å²) in [4.78, 5) is 28.7. The Balaban J connectivity index is 0.00000243. The Morgan fingerprint density at radius 3 is 2.19 bits per heavy atom. The molecule has 1 aliphatic heterocycles. The fraction of sp³-hybridized carbons (Fsp3) is 0.600. The van der Waals surface area contributed by atoms with Gasteiger partial charge in [0.1, 0.15) is 6.04 Å². The molecule has 0 bridgehead atoms. The van der Waals surface area contributed by atoms with Crippen molar-refractivity contribution in [3.05, 3.63) is 35.9 Å². The summed E-state index contributed by atoms with van der Waals surface area (Å²) in [5.74, 6) is 0.936. The maximum absolute atomic E-state index is 12.6. The number of amides is 2. The molecule has 1 saturated heterocycles. The first-order chi connectivity index (χ1) is 12.1. The van der Waals surface area contributed by atoms with Gasteiger partial charge < -0.3 is 15.5 Å². The Labute approximate surface area is 162 Å². The van der Waals surface area contributed by atoms with Crippen molar-refractivity contribution < 1.29 is 9.59 Å². The van der Waals surface area contributed by atoms with E-state index in [9.17, 15) is 9.59 Å². The highest BCUT2D eigenvalue weighted by molar-refractivity contribution is 5.85. The molecule has 26 heavy (non-hydrogen) atoms. The van der Waals surface area contributed by atoms with Crippen LogP contribution < -0.4 is 5.73 Å². The molecule has 1 heterocycles. The quantitative estimate of drug-likeness (QED) is 0.855. The first-order valence-corrected chi connectivity index (χ1v) is 9.52. The highest BCUT2D eigenvalue weighted by Gasteiger charge is 2.28. The number of piperazine rings is 1. The Hall–Kier alpha value is -1.59. The molecule has 0 aromatic heterocycles. The molecule has 144 valence electrons. The molecular formula is C20H30ClN3O2. The van der Waals surface area contributed by atoms with E-state index >= 15 is 0 Å². The lowest BCUT2D eigenvalue weighted by atomic mass is 10.0. The van der Waals surface area contributed by atoms with Crippen LogP contribution in [0.5, 0.6) is 0 Å². The van der Waals surface area contributed by atoms with Crippen LogP contribution >= 0.6 is 12.4 Å². The molecule has 1 aromatic carbocycles. The van der Waals surface area contributed by atoms with Gasteiger partial charge >= 0.3 is 0 Å². The summed E-state index contributed by atoms with van der Waals surface area (Å²) in [6, 6.07) is 8.84. The number of nitrogens with two attached hydrogens (primary N) is 1. The van der Waals surface area contributed by atoms with Crippen molar-refractivity contribution in [2.75, 3.05) is 26.2 Å². The van der Waals surface area contributed by atoms with Crippen molar-refractivity contribution in [2.45, 2.75) is 44.6 Å². The van der Waals surface area contributed by atoms with Gasteiger partial charge in [-0.15, -0.1) is 12.4 Å². The van der Waals surface area contributed by atoms with E-state index in [-0.39, 0.29) is 24.2 Å². The van der Waals surface area contributed by atoms with E-state index in [1.807, 2.05) is 35.2 Å². The summed E-state index contributed by atoms with van der Waals surface area (Å²) in [5, 5.41) is 0. The molecule has 6 heteroatoms. The van der Waals surface area contributed by atoms with Crippen LogP contribution in [-0.2, 0) is 9.59 Å². The van der Waals surface area contributed by atoms with Gasteiger partial charge in [0, 0.05) is 32.6 Å². The Morgan fingerprint density at radius 1 is 1.00 bits per heavy atom. The van der Waals surface area contributed by atoms with Gasteiger partial charge in [-0.05, 0) is 17.9 Å². The van der Waals surface area contributed by atoms with Gasteiger partial charge in [-0.1, -0.05) is 56.0 Å². The Kier molecular flexibility index (Phi) is 7.91. The maximum atomic E-state index is 12.6. The second-order valence-corrected chi connectivity index (χ2v) is 7.28. The highest BCUT2D eigenvalue weighted by Crippen LogP contribution is 2.28. The molecule has 3 rings (SSSR count). The van der Waals surface area contributed by atoms with Crippen LogP contribution in [0.2, 0.25) is 0 Å². The monoisotopic (exact) mass is 379 g/mol. The van der Waals surface area contributed by atoms with Crippen LogP contribution in [0.3, 0.4) is 0 Å². The summed E-state index contributed by atoms with van der Waals surface area (Å²) in [6.07, 6.45) is 6.89. The second kappa shape index (κ2) is 9.93. The van der Waals surface area contributed by atoms with Crippen LogP contribution in [0.15, 0.2) is 30.3 Å². The van der Waals surface area contributed by atoms with Gasteiger partial charge in [0.25, 0.3) is 0 Å². The molecule has 2 aliphatic rings. The molecule has 1 unspecified atom stereocenters. The summed E-state index contributed by atoms with van der Waals surface area (Å²) >= 11 is 0. The lowest BCUT2D eigenvalue weighted by molar-refractivity contribution is -0.140. The predicted octanol–water partition coefficient (Wildman–Crippen LogP) is 2.75. The Morgan fingerprint density at radius 2 is 1.58 bits per heavy atom. The van der Waals surface area contributed by atoms with Crippen molar-refractivity contribution in [1.29, 1.82) is 0 Å². The smallest absolute Gasteiger partial charge is 0.244 e. The molecular weight excluding hydrogens is 350 g/mol. The second-order valence-electron chi connectivity index (χ2n) is 7.28. The molecule has 2 fully saturated rings.